The summed E-state index contributed by atoms with van der Waals surface area (Å²) in [5, 5.41) is 2.40. The fourth-order valence-corrected chi connectivity index (χ4v) is 3.73. The van der Waals surface area contributed by atoms with E-state index in [0.717, 1.165) is 12.1 Å². The maximum absolute atomic E-state index is 13.0. The number of rotatable bonds is 4. The largest absolute Gasteiger partial charge is 0.417 e. The molecule has 0 amide bonds. The highest BCUT2D eigenvalue weighted by Gasteiger charge is 2.34. The lowest BCUT2D eigenvalue weighted by molar-refractivity contribution is -0.137. The maximum atomic E-state index is 13.0. The summed E-state index contributed by atoms with van der Waals surface area (Å²) in [5.41, 5.74) is -0.613. The fourth-order valence-electron chi connectivity index (χ4n) is 2.22. The minimum atomic E-state index is -4.75. The van der Waals surface area contributed by atoms with Gasteiger partial charge in [-0.15, -0.1) is 0 Å². The molecule has 0 aliphatic heterocycles. The van der Waals surface area contributed by atoms with Crippen molar-refractivity contribution in [2.45, 2.75) is 16.0 Å². The lowest BCUT2D eigenvalue weighted by Crippen LogP contribution is -2.09. The number of aromatic nitrogens is 2. The lowest BCUT2D eigenvalue weighted by atomic mass is 10.2. The first-order chi connectivity index (χ1) is 12.2. The van der Waals surface area contributed by atoms with Crippen molar-refractivity contribution in [2.75, 3.05) is 5.32 Å². The number of aromatic amines is 1. The monoisotopic (exact) mass is 401 g/mol. The molecule has 2 aromatic carbocycles. The van der Waals surface area contributed by atoms with Crippen LogP contribution in [0.3, 0.4) is 0 Å². The van der Waals surface area contributed by atoms with Gasteiger partial charge in [0.25, 0.3) is 0 Å². The molecule has 3 aromatic rings. The molecule has 0 radical (unpaired) electrons. The van der Waals surface area contributed by atoms with Gasteiger partial charge in [-0.2, -0.15) is 13.2 Å². The molecule has 0 saturated carbocycles. The molecule has 0 spiro atoms. The standard InChI is InChI=1S/C16H11ClF3N3O2S/c17-14-6-5-12(7-13(14)16(18,19)20)26(24,25)11-3-1-10(2-4-11)23-15-8-21-9-22-15/h1-9,23H,(H,21,22). The van der Waals surface area contributed by atoms with E-state index in [2.05, 4.69) is 15.3 Å². The van der Waals surface area contributed by atoms with Crippen LogP contribution >= 0.6 is 11.6 Å². The third-order valence-electron chi connectivity index (χ3n) is 3.50. The molecule has 136 valence electrons. The topological polar surface area (TPSA) is 74.8 Å². The smallest absolute Gasteiger partial charge is 0.340 e. The van der Waals surface area contributed by atoms with Crippen molar-refractivity contribution >= 4 is 32.9 Å². The maximum Gasteiger partial charge on any atom is 0.417 e. The molecule has 0 bridgehead atoms. The molecule has 1 heterocycles. The highest BCUT2D eigenvalue weighted by molar-refractivity contribution is 7.91. The Labute approximate surface area is 151 Å². The predicted octanol–water partition coefficient (Wildman–Crippen LogP) is 4.66. The molecular formula is C16H11ClF3N3O2S. The van der Waals surface area contributed by atoms with E-state index in [4.69, 9.17) is 11.6 Å². The van der Waals surface area contributed by atoms with Gasteiger partial charge in [-0.05, 0) is 42.5 Å². The van der Waals surface area contributed by atoms with E-state index in [1.165, 1.54) is 36.8 Å². The number of anilines is 2. The highest BCUT2D eigenvalue weighted by atomic mass is 35.5. The van der Waals surface area contributed by atoms with E-state index in [-0.39, 0.29) is 4.90 Å². The second kappa shape index (κ2) is 6.65. The van der Waals surface area contributed by atoms with Crippen molar-refractivity contribution in [3.63, 3.8) is 0 Å². The number of nitrogens with one attached hydrogen (secondary N) is 2. The van der Waals surface area contributed by atoms with E-state index < -0.39 is 31.5 Å². The number of nitrogens with zero attached hydrogens (tertiary/aromatic N) is 1. The number of hydrogen-bond acceptors (Lipinski definition) is 4. The normalized spacial score (nSPS) is 12.2. The van der Waals surface area contributed by atoms with E-state index in [9.17, 15) is 21.6 Å². The molecule has 0 saturated heterocycles. The van der Waals surface area contributed by atoms with Crippen LogP contribution in [-0.2, 0) is 16.0 Å². The van der Waals surface area contributed by atoms with Gasteiger partial charge in [-0.1, -0.05) is 11.6 Å². The molecule has 0 aliphatic rings. The Kier molecular flexibility index (Phi) is 4.68. The SMILES string of the molecule is O=S(=O)(c1ccc(Nc2cnc[nH]2)cc1)c1ccc(Cl)c(C(F)(F)F)c1. The number of benzene rings is 2. The number of H-pyrrole nitrogens is 1. The van der Waals surface area contributed by atoms with E-state index in [1.807, 2.05) is 0 Å². The Bertz CT molecular complexity index is 1020. The first-order valence-corrected chi connectivity index (χ1v) is 9.01. The van der Waals surface area contributed by atoms with Crippen molar-refractivity contribution in [3.8, 4) is 0 Å². The number of sulfone groups is 1. The van der Waals surface area contributed by atoms with Gasteiger partial charge < -0.3 is 10.3 Å². The Balaban J connectivity index is 1.93. The molecule has 0 aliphatic carbocycles. The van der Waals surface area contributed by atoms with Crippen molar-refractivity contribution < 1.29 is 21.6 Å². The van der Waals surface area contributed by atoms with Crippen LogP contribution < -0.4 is 5.32 Å². The second-order valence-electron chi connectivity index (χ2n) is 5.26. The van der Waals surface area contributed by atoms with Crippen LogP contribution in [0.2, 0.25) is 5.02 Å². The number of imidazole rings is 1. The predicted molar refractivity (Wildman–Crippen MR) is 90.2 cm³/mol. The van der Waals surface area contributed by atoms with Gasteiger partial charge in [-0.25, -0.2) is 13.4 Å². The molecule has 1 aromatic heterocycles. The van der Waals surface area contributed by atoms with Crippen LogP contribution in [0.4, 0.5) is 24.7 Å². The van der Waals surface area contributed by atoms with Crippen LogP contribution in [0.1, 0.15) is 5.56 Å². The summed E-state index contributed by atoms with van der Waals surface area (Å²) in [7, 11) is -4.12. The molecule has 5 nitrogen and oxygen atoms in total. The van der Waals surface area contributed by atoms with Gasteiger partial charge in [0.05, 0.1) is 32.9 Å². The Hall–Kier alpha value is -2.52. The van der Waals surface area contributed by atoms with Gasteiger partial charge in [0, 0.05) is 5.69 Å². The lowest BCUT2D eigenvalue weighted by Gasteiger charge is -2.12. The summed E-state index contributed by atoms with van der Waals surface area (Å²) in [6.07, 6.45) is -1.74. The Morgan fingerprint density at radius 1 is 1.04 bits per heavy atom. The molecule has 10 heteroatoms. The Morgan fingerprint density at radius 3 is 2.27 bits per heavy atom. The third kappa shape index (κ3) is 3.68. The average molecular weight is 402 g/mol. The van der Waals surface area contributed by atoms with E-state index in [0.29, 0.717) is 17.6 Å². The quantitative estimate of drug-likeness (QED) is 0.666. The van der Waals surface area contributed by atoms with Gasteiger partial charge >= 0.3 is 6.18 Å². The van der Waals surface area contributed by atoms with E-state index >= 15 is 0 Å². The summed E-state index contributed by atoms with van der Waals surface area (Å²) >= 11 is 5.53. The molecule has 0 atom stereocenters. The summed E-state index contributed by atoms with van der Waals surface area (Å²) < 4.78 is 64.1. The third-order valence-corrected chi connectivity index (χ3v) is 5.59. The van der Waals surface area contributed by atoms with Crippen LogP contribution in [-0.4, -0.2) is 18.4 Å². The summed E-state index contributed by atoms with van der Waals surface area (Å²) in [4.78, 5) is 6.04. The highest BCUT2D eigenvalue weighted by Crippen LogP contribution is 2.37. The number of halogens is 4. The zero-order valence-electron chi connectivity index (χ0n) is 12.9. The first kappa shape index (κ1) is 18.3. The van der Waals surface area contributed by atoms with Crippen LogP contribution in [0, 0.1) is 0 Å². The summed E-state index contributed by atoms with van der Waals surface area (Å²) in [6, 6.07) is 8.10. The van der Waals surface area contributed by atoms with Crippen molar-refractivity contribution in [2.24, 2.45) is 0 Å². The fraction of sp³-hybridized carbons (Fsp3) is 0.0625. The number of hydrogen-bond donors (Lipinski definition) is 2. The van der Waals surface area contributed by atoms with Crippen molar-refractivity contribution in [3.05, 3.63) is 65.6 Å². The van der Waals surface area contributed by atoms with Gasteiger partial charge in [0.2, 0.25) is 9.84 Å². The van der Waals surface area contributed by atoms with Crippen molar-refractivity contribution in [1.82, 2.24) is 9.97 Å². The first-order valence-electron chi connectivity index (χ1n) is 7.15. The zero-order chi connectivity index (χ0) is 18.9. The van der Waals surface area contributed by atoms with Crippen LogP contribution in [0.5, 0.6) is 0 Å². The van der Waals surface area contributed by atoms with Crippen LogP contribution in [0.15, 0.2) is 64.8 Å². The molecule has 3 rings (SSSR count). The Morgan fingerprint density at radius 2 is 1.69 bits per heavy atom. The summed E-state index contributed by atoms with van der Waals surface area (Å²) in [6.45, 7) is 0. The van der Waals surface area contributed by atoms with E-state index in [1.54, 1.807) is 0 Å². The molecular weight excluding hydrogens is 391 g/mol. The van der Waals surface area contributed by atoms with Gasteiger partial charge in [0.15, 0.2) is 0 Å². The van der Waals surface area contributed by atoms with Crippen molar-refractivity contribution in [1.29, 1.82) is 0 Å². The minimum absolute atomic E-state index is 0.136. The van der Waals surface area contributed by atoms with Crippen LogP contribution in [0.25, 0.3) is 0 Å². The average Bonchev–Trinajstić information content (AvgIpc) is 3.07. The molecule has 2 N–H and O–H groups in total. The van der Waals surface area contributed by atoms with Gasteiger partial charge in [0.1, 0.15) is 5.82 Å². The zero-order valence-corrected chi connectivity index (χ0v) is 14.5. The van der Waals surface area contributed by atoms with Gasteiger partial charge in [-0.3, -0.25) is 0 Å². The molecule has 26 heavy (non-hydrogen) atoms. The molecule has 0 unspecified atom stereocenters. The number of alkyl halides is 3. The molecule has 0 fully saturated rings. The minimum Gasteiger partial charge on any atom is -0.340 e. The second-order valence-corrected chi connectivity index (χ2v) is 7.61. The summed E-state index contributed by atoms with van der Waals surface area (Å²) in [5.74, 6) is 0.605.